The lowest BCUT2D eigenvalue weighted by Gasteiger charge is -2.13. The molecule has 0 aromatic carbocycles. The lowest BCUT2D eigenvalue weighted by Crippen LogP contribution is -2.19. The molecule has 0 aliphatic carbocycles. The van der Waals surface area contributed by atoms with E-state index in [0.717, 1.165) is 6.04 Å². The maximum absolute atomic E-state index is 6.04. The van der Waals surface area contributed by atoms with E-state index in [0.29, 0.717) is 4.83 Å². The molecular formula is C5H12BrClSi. The molecule has 0 aliphatic heterocycles. The maximum Gasteiger partial charge on any atom is 0.151 e. The minimum Gasteiger partial charge on any atom is -0.168 e. The molecule has 0 saturated heterocycles. The Bertz CT molecular complexity index is 67.3. The molecule has 3 heteroatoms. The molecule has 0 nitrogen and oxygen atoms in total. The second-order valence-electron chi connectivity index (χ2n) is 2.70. The van der Waals surface area contributed by atoms with Crippen LogP contribution in [0.1, 0.15) is 6.92 Å². The van der Waals surface area contributed by atoms with Gasteiger partial charge in [-0.3, -0.25) is 0 Å². The lowest BCUT2D eigenvalue weighted by atomic mass is 10.6. The molecule has 0 saturated carbocycles. The van der Waals surface area contributed by atoms with Gasteiger partial charge in [0.25, 0.3) is 0 Å². The monoisotopic (exact) mass is 214 g/mol. The van der Waals surface area contributed by atoms with Gasteiger partial charge >= 0.3 is 0 Å². The summed E-state index contributed by atoms with van der Waals surface area (Å²) in [5, 5.41) is 0. The van der Waals surface area contributed by atoms with Gasteiger partial charge < -0.3 is 0 Å². The van der Waals surface area contributed by atoms with Gasteiger partial charge in [-0.1, -0.05) is 35.9 Å². The van der Waals surface area contributed by atoms with Gasteiger partial charge in [0, 0.05) is 4.83 Å². The number of halogens is 2. The van der Waals surface area contributed by atoms with E-state index in [4.69, 9.17) is 11.1 Å². The first-order valence-electron chi connectivity index (χ1n) is 2.75. The highest BCUT2D eigenvalue weighted by molar-refractivity contribution is 9.09. The van der Waals surface area contributed by atoms with Gasteiger partial charge in [0.15, 0.2) is 7.38 Å². The van der Waals surface area contributed by atoms with E-state index in [1.165, 1.54) is 0 Å². The van der Waals surface area contributed by atoms with Gasteiger partial charge in [-0.25, -0.2) is 0 Å². The van der Waals surface area contributed by atoms with Crippen molar-refractivity contribution in [2.45, 2.75) is 30.9 Å². The topological polar surface area (TPSA) is 0 Å². The van der Waals surface area contributed by atoms with Gasteiger partial charge in [-0.15, -0.1) is 0 Å². The van der Waals surface area contributed by atoms with Crippen molar-refractivity contribution >= 4 is 34.4 Å². The second-order valence-corrected chi connectivity index (χ2v) is 11.2. The number of rotatable bonds is 2. The molecule has 0 heterocycles. The highest BCUT2D eigenvalue weighted by Gasteiger charge is 2.18. The molecule has 1 unspecified atom stereocenters. The summed E-state index contributed by atoms with van der Waals surface area (Å²) in [6.45, 7) is 6.45. The van der Waals surface area contributed by atoms with Crippen LogP contribution in [-0.4, -0.2) is 12.2 Å². The van der Waals surface area contributed by atoms with Gasteiger partial charge in [0.05, 0.1) is 0 Å². The summed E-state index contributed by atoms with van der Waals surface area (Å²) < 4.78 is 0. The molecule has 0 rings (SSSR count). The minimum atomic E-state index is -1.29. The molecule has 1 atom stereocenters. The zero-order valence-corrected chi connectivity index (χ0v) is 8.88. The number of alkyl halides is 1. The van der Waals surface area contributed by atoms with E-state index in [1.807, 2.05) is 0 Å². The van der Waals surface area contributed by atoms with Crippen molar-refractivity contribution in [2.75, 3.05) is 0 Å². The van der Waals surface area contributed by atoms with Crippen molar-refractivity contribution < 1.29 is 0 Å². The van der Waals surface area contributed by atoms with Crippen LogP contribution in [0.2, 0.25) is 19.1 Å². The Morgan fingerprint density at radius 2 is 2.00 bits per heavy atom. The van der Waals surface area contributed by atoms with E-state index >= 15 is 0 Å². The van der Waals surface area contributed by atoms with E-state index in [1.54, 1.807) is 0 Å². The normalized spacial score (nSPS) is 16.1. The van der Waals surface area contributed by atoms with Gasteiger partial charge in [0.1, 0.15) is 0 Å². The van der Waals surface area contributed by atoms with Gasteiger partial charge in [-0.05, 0) is 6.04 Å². The number of hydrogen-bond donors (Lipinski definition) is 0. The van der Waals surface area contributed by atoms with Crippen molar-refractivity contribution in [2.24, 2.45) is 0 Å². The van der Waals surface area contributed by atoms with Crippen molar-refractivity contribution in [3.8, 4) is 0 Å². The minimum absolute atomic E-state index is 0.585. The van der Waals surface area contributed by atoms with E-state index in [-0.39, 0.29) is 0 Å². The fourth-order valence-corrected chi connectivity index (χ4v) is 5.69. The third kappa shape index (κ3) is 6.99. The third-order valence-corrected chi connectivity index (χ3v) is 3.73. The largest absolute Gasteiger partial charge is 0.168 e. The average Bonchev–Trinajstić information content (AvgIpc) is 1.21. The van der Waals surface area contributed by atoms with E-state index < -0.39 is 7.38 Å². The van der Waals surface area contributed by atoms with E-state index in [2.05, 4.69) is 35.9 Å². The predicted octanol–water partition coefficient (Wildman–Crippen LogP) is 3.21. The molecule has 0 aromatic rings. The van der Waals surface area contributed by atoms with E-state index in [9.17, 15) is 0 Å². The Kier molecular flexibility index (Phi) is 3.63. The summed E-state index contributed by atoms with van der Waals surface area (Å²) in [5.74, 6) is 0. The van der Waals surface area contributed by atoms with Crippen LogP contribution in [0.5, 0.6) is 0 Å². The Hall–Kier alpha value is 0.987. The standard InChI is InChI=1S/C5H12BrClSi/c1-5(6)4-8(2,3)7/h5H,4H2,1-3H3. The fraction of sp³-hybridized carbons (Fsp3) is 1.00. The van der Waals surface area contributed by atoms with Crippen LogP contribution >= 0.6 is 27.0 Å². The summed E-state index contributed by atoms with van der Waals surface area (Å²) in [6, 6.07) is 1.15. The second kappa shape index (κ2) is 3.23. The Labute approximate surface area is 65.5 Å². The van der Waals surface area contributed by atoms with Gasteiger partial charge in [-0.2, -0.15) is 11.1 Å². The zero-order chi connectivity index (χ0) is 6.78. The molecule has 50 valence electrons. The molecule has 0 N–H and O–H groups in total. The fourth-order valence-electron chi connectivity index (χ4n) is 0.669. The Balaban J connectivity index is 3.39. The van der Waals surface area contributed by atoms with Crippen LogP contribution in [0.15, 0.2) is 0 Å². The van der Waals surface area contributed by atoms with Crippen molar-refractivity contribution in [3.05, 3.63) is 0 Å². The summed E-state index contributed by atoms with van der Waals surface area (Å²) in [4.78, 5) is 0.585. The quantitative estimate of drug-likeness (QED) is 0.377. The molecule has 0 spiro atoms. The summed E-state index contributed by atoms with van der Waals surface area (Å²) in [7, 11) is -1.29. The molecular weight excluding hydrogens is 203 g/mol. The highest BCUT2D eigenvalue weighted by Crippen LogP contribution is 2.20. The third-order valence-electron chi connectivity index (χ3n) is 0.767. The van der Waals surface area contributed by atoms with Crippen LogP contribution in [-0.2, 0) is 0 Å². The van der Waals surface area contributed by atoms with Crippen LogP contribution in [0.3, 0.4) is 0 Å². The molecule has 0 aromatic heterocycles. The van der Waals surface area contributed by atoms with Crippen molar-refractivity contribution in [1.82, 2.24) is 0 Å². The van der Waals surface area contributed by atoms with Crippen LogP contribution in [0.4, 0.5) is 0 Å². The molecule has 8 heavy (non-hydrogen) atoms. The van der Waals surface area contributed by atoms with Crippen LogP contribution < -0.4 is 0 Å². The highest BCUT2D eigenvalue weighted by atomic mass is 79.9. The lowest BCUT2D eigenvalue weighted by molar-refractivity contribution is 1.10. The van der Waals surface area contributed by atoms with Crippen molar-refractivity contribution in [1.29, 1.82) is 0 Å². The SMILES string of the molecule is CC(Br)C[Si](C)(C)Cl. The number of hydrogen-bond acceptors (Lipinski definition) is 0. The Morgan fingerprint density at radius 1 is 1.62 bits per heavy atom. The summed E-state index contributed by atoms with van der Waals surface area (Å²) >= 11 is 9.50. The van der Waals surface area contributed by atoms with Crippen LogP contribution in [0, 0.1) is 0 Å². The zero-order valence-electron chi connectivity index (χ0n) is 5.54. The molecule has 0 aliphatic rings. The average molecular weight is 216 g/mol. The summed E-state index contributed by atoms with van der Waals surface area (Å²) in [6.07, 6.45) is 0. The first-order chi connectivity index (χ1) is 3.42. The molecule has 0 amide bonds. The molecule has 0 fully saturated rings. The van der Waals surface area contributed by atoms with Gasteiger partial charge in [0.2, 0.25) is 0 Å². The molecule has 0 bridgehead atoms. The smallest absolute Gasteiger partial charge is 0.151 e. The Morgan fingerprint density at radius 3 is 2.00 bits per heavy atom. The molecule has 0 radical (unpaired) electrons. The summed E-state index contributed by atoms with van der Waals surface area (Å²) in [5.41, 5.74) is 0. The maximum atomic E-state index is 6.04. The predicted molar refractivity (Wildman–Crippen MR) is 46.5 cm³/mol. The first kappa shape index (κ1) is 8.99. The van der Waals surface area contributed by atoms with Crippen LogP contribution in [0.25, 0.3) is 0 Å². The first-order valence-corrected chi connectivity index (χ1v) is 7.88. The van der Waals surface area contributed by atoms with Crippen molar-refractivity contribution in [3.63, 3.8) is 0 Å².